The first kappa shape index (κ1) is 14.2. The Labute approximate surface area is 129 Å². The highest BCUT2D eigenvalue weighted by molar-refractivity contribution is 5.79. The second-order valence-electron chi connectivity index (χ2n) is 4.83. The van der Waals surface area contributed by atoms with Crippen LogP contribution in [0.2, 0.25) is 0 Å². The number of para-hydroxylation sites is 2. The lowest BCUT2D eigenvalue weighted by Crippen LogP contribution is -2.42. The summed E-state index contributed by atoms with van der Waals surface area (Å²) in [7, 11) is 0. The van der Waals surface area contributed by atoms with Crippen molar-refractivity contribution in [1.29, 1.82) is 0 Å². The van der Waals surface area contributed by atoms with E-state index in [2.05, 4.69) is 11.6 Å². The van der Waals surface area contributed by atoms with Gasteiger partial charge >= 0.3 is 5.91 Å². The first-order valence-corrected chi connectivity index (χ1v) is 7.10. The predicted molar refractivity (Wildman–Crippen MR) is 85.1 cm³/mol. The van der Waals surface area contributed by atoms with Crippen LogP contribution >= 0.6 is 0 Å². The van der Waals surface area contributed by atoms with Crippen LogP contribution in [0.5, 0.6) is 11.5 Å². The van der Waals surface area contributed by atoms with Gasteiger partial charge in [-0.15, -0.1) is 6.58 Å². The molecule has 1 heterocycles. The van der Waals surface area contributed by atoms with Gasteiger partial charge in [-0.3, -0.25) is 0 Å². The monoisotopic (exact) mass is 295 g/mol. The van der Waals surface area contributed by atoms with E-state index in [0.717, 1.165) is 0 Å². The quantitative estimate of drug-likeness (QED) is 0.601. The van der Waals surface area contributed by atoms with Crippen molar-refractivity contribution in [3.05, 3.63) is 73.3 Å². The lowest BCUT2D eigenvalue weighted by molar-refractivity contribution is -0.117. The minimum Gasteiger partial charge on any atom is -0.470 e. The number of aliphatic imine (C=N–C) groups is 1. The van der Waals surface area contributed by atoms with E-state index in [9.17, 15) is 0 Å². The predicted octanol–water partition coefficient (Wildman–Crippen LogP) is 3.80. The van der Waals surface area contributed by atoms with E-state index in [4.69, 9.17) is 14.2 Å². The molecule has 0 amide bonds. The maximum Gasteiger partial charge on any atom is 0.395 e. The highest BCUT2D eigenvalue weighted by atomic mass is 16.7. The van der Waals surface area contributed by atoms with Crippen LogP contribution < -0.4 is 9.47 Å². The van der Waals surface area contributed by atoms with Gasteiger partial charge in [0.25, 0.3) is 0 Å². The molecule has 0 aliphatic carbocycles. The molecule has 0 N–H and O–H groups in total. The largest absolute Gasteiger partial charge is 0.470 e. The van der Waals surface area contributed by atoms with Crippen LogP contribution in [0, 0.1) is 0 Å². The first-order chi connectivity index (χ1) is 10.8. The Hall–Kier alpha value is -2.75. The molecule has 2 aromatic carbocycles. The maximum atomic E-state index is 5.97. The Morgan fingerprint density at radius 1 is 1.00 bits per heavy atom. The third-order valence-corrected chi connectivity index (χ3v) is 3.08. The number of benzene rings is 2. The zero-order valence-electron chi connectivity index (χ0n) is 12.1. The molecule has 0 spiro atoms. The first-order valence-electron chi connectivity index (χ1n) is 7.10. The van der Waals surface area contributed by atoms with Crippen molar-refractivity contribution >= 4 is 5.90 Å². The fraction of sp³-hybridized carbons (Fsp3) is 0.167. The second-order valence-corrected chi connectivity index (χ2v) is 4.83. The van der Waals surface area contributed by atoms with Gasteiger partial charge in [-0.2, -0.15) is 4.99 Å². The van der Waals surface area contributed by atoms with Crippen LogP contribution in [0.15, 0.2) is 78.3 Å². The highest BCUT2D eigenvalue weighted by Crippen LogP contribution is 2.28. The average molecular weight is 295 g/mol. The number of nitrogens with zero attached hydrogens (tertiary/aromatic N) is 1. The molecule has 2 aromatic rings. The van der Waals surface area contributed by atoms with Crippen molar-refractivity contribution in [2.24, 2.45) is 4.99 Å². The van der Waals surface area contributed by atoms with Crippen LogP contribution in [-0.4, -0.2) is 18.4 Å². The van der Waals surface area contributed by atoms with Gasteiger partial charge in [0.1, 0.15) is 11.5 Å². The third-order valence-electron chi connectivity index (χ3n) is 3.08. The van der Waals surface area contributed by atoms with E-state index in [1.807, 2.05) is 60.7 Å². The van der Waals surface area contributed by atoms with Crippen molar-refractivity contribution in [3.8, 4) is 11.5 Å². The Morgan fingerprint density at radius 2 is 1.55 bits per heavy atom. The molecule has 112 valence electrons. The van der Waals surface area contributed by atoms with Gasteiger partial charge in [0.05, 0.1) is 0 Å². The van der Waals surface area contributed by atoms with Crippen LogP contribution in [0.1, 0.15) is 6.42 Å². The fourth-order valence-corrected chi connectivity index (χ4v) is 2.13. The van der Waals surface area contributed by atoms with Gasteiger partial charge in [-0.25, -0.2) is 0 Å². The molecular weight excluding hydrogens is 278 g/mol. The molecule has 22 heavy (non-hydrogen) atoms. The van der Waals surface area contributed by atoms with E-state index in [0.29, 0.717) is 23.8 Å². The molecule has 1 aliphatic heterocycles. The van der Waals surface area contributed by atoms with Crippen LogP contribution in [0.3, 0.4) is 0 Å². The summed E-state index contributed by atoms with van der Waals surface area (Å²) >= 11 is 0. The van der Waals surface area contributed by atoms with E-state index in [-0.39, 0.29) is 6.61 Å². The van der Waals surface area contributed by atoms with Gasteiger partial charge in [0.2, 0.25) is 0 Å². The zero-order chi connectivity index (χ0) is 15.3. The summed E-state index contributed by atoms with van der Waals surface area (Å²) in [5, 5.41) is 0. The molecular formula is C18H17NO3. The number of rotatable bonds is 6. The van der Waals surface area contributed by atoms with E-state index in [1.54, 1.807) is 6.08 Å². The van der Waals surface area contributed by atoms with Crippen LogP contribution in [0.25, 0.3) is 0 Å². The van der Waals surface area contributed by atoms with E-state index < -0.39 is 5.91 Å². The maximum absolute atomic E-state index is 5.97. The summed E-state index contributed by atoms with van der Waals surface area (Å²) in [5.41, 5.74) is 0. The van der Waals surface area contributed by atoms with Crippen LogP contribution in [0.4, 0.5) is 0 Å². The lowest BCUT2D eigenvalue weighted by Gasteiger charge is -2.25. The second kappa shape index (κ2) is 6.35. The Morgan fingerprint density at radius 3 is 2.05 bits per heavy atom. The molecule has 0 unspecified atom stereocenters. The summed E-state index contributed by atoms with van der Waals surface area (Å²) in [4.78, 5) is 4.48. The minimum atomic E-state index is -1.21. The van der Waals surface area contributed by atoms with Gasteiger partial charge < -0.3 is 14.2 Å². The molecule has 0 saturated heterocycles. The summed E-state index contributed by atoms with van der Waals surface area (Å²) in [6.45, 7) is 3.89. The molecule has 4 heteroatoms. The number of hydrogen-bond acceptors (Lipinski definition) is 4. The Kier molecular flexibility index (Phi) is 4.10. The molecule has 0 bridgehead atoms. The van der Waals surface area contributed by atoms with E-state index in [1.165, 1.54) is 0 Å². The fourth-order valence-electron chi connectivity index (χ4n) is 2.13. The van der Waals surface area contributed by atoms with Gasteiger partial charge in [0, 0.05) is 6.42 Å². The summed E-state index contributed by atoms with van der Waals surface area (Å²) in [5.74, 6) is 0.694. The van der Waals surface area contributed by atoms with Crippen molar-refractivity contribution in [3.63, 3.8) is 0 Å². The van der Waals surface area contributed by atoms with Gasteiger partial charge in [-0.1, -0.05) is 42.5 Å². The average Bonchev–Trinajstić information content (AvgIpc) is 2.92. The Balaban J connectivity index is 1.87. The van der Waals surface area contributed by atoms with Crippen molar-refractivity contribution in [2.45, 2.75) is 12.3 Å². The molecule has 3 rings (SSSR count). The number of hydrogen-bond donors (Lipinski definition) is 0. The number of ether oxygens (including phenoxy) is 3. The van der Waals surface area contributed by atoms with Gasteiger partial charge in [0.15, 0.2) is 12.5 Å². The Bertz CT molecular complexity index is 611. The van der Waals surface area contributed by atoms with Gasteiger partial charge in [-0.05, 0) is 24.3 Å². The minimum absolute atomic E-state index is 0.194. The van der Waals surface area contributed by atoms with Crippen molar-refractivity contribution in [1.82, 2.24) is 0 Å². The molecule has 0 radical (unpaired) electrons. The molecule has 0 atom stereocenters. The van der Waals surface area contributed by atoms with Crippen molar-refractivity contribution < 1.29 is 14.2 Å². The SMILES string of the molecule is C=CCC1=NC(Oc2ccccc2)(Oc2ccccc2)CO1. The summed E-state index contributed by atoms with van der Waals surface area (Å²) < 4.78 is 17.5. The normalized spacial score (nSPS) is 15.5. The molecule has 0 saturated carbocycles. The summed E-state index contributed by atoms with van der Waals surface area (Å²) in [6, 6.07) is 18.9. The molecule has 0 aromatic heterocycles. The third kappa shape index (κ3) is 3.28. The highest BCUT2D eigenvalue weighted by Gasteiger charge is 2.42. The zero-order valence-corrected chi connectivity index (χ0v) is 12.1. The smallest absolute Gasteiger partial charge is 0.395 e. The lowest BCUT2D eigenvalue weighted by atomic mass is 10.3. The summed E-state index contributed by atoms with van der Waals surface area (Å²) in [6.07, 6.45) is 2.28. The van der Waals surface area contributed by atoms with E-state index >= 15 is 0 Å². The van der Waals surface area contributed by atoms with Crippen molar-refractivity contribution in [2.75, 3.05) is 6.61 Å². The van der Waals surface area contributed by atoms with Crippen LogP contribution in [-0.2, 0) is 4.74 Å². The molecule has 1 aliphatic rings. The molecule has 4 nitrogen and oxygen atoms in total. The topological polar surface area (TPSA) is 40.0 Å². The molecule has 0 fully saturated rings. The standard InChI is InChI=1S/C18H17NO3/c1-2-9-17-19-18(14-20-17,21-15-10-5-3-6-11-15)22-16-12-7-4-8-13-16/h2-8,10-13H,1,9,14H2.